The van der Waals surface area contributed by atoms with Gasteiger partial charge in [0.1, 0.15) is 5.78 Å². The zero-order chi connectivity index (χ0) is 9.03. The molecule has 1 aliphatic rings. The topological polar surface area (TPSA) is 17.1 Å². The molecule has 0 aromatic heterocycles. The first-order valence-electron chi connectivity index (χ1n) is 4.60. The third-order valence-electron chi connectivity index (χ3n) is 2.56. The summed E-state index contributed by atoms with van der Waals surface area (Å²) in [6, 6.07) is 0. The van der Waals surface area contributed by atoms with Crippen LogP contribution in [-0.2, 0) is 4.79 Å². The van der Waals surface area contributed by atoms with Crippen molar-refractivity contribution in [3.8, 4) is 0 Å². The first kappa shape index (κ1) is 9.28. The Morgan fingerprint density at radius 2 is 2.25 bits per heavy atom. The highest BCUT2D eigenvalue weighted by Crippen LogP contribution is 2.33. The van der Waals surface area contributed by atoms with Crippen molar-refractivity contribution in [2.45, 2.75) is 39.5 Å². The summed E-state index contributed by atoms with van der Waals surface area (Å²) < 4.78 is 0. The third-order valence-corrected chi connectivity index (χ3v) is 2.56. The Labute approximate surface area is 74.2 Å². The van der Waals surface area contributed by atoms with Gasteiger partial charge in [-0.15, -0.1) is 5.73 Å². The van der Waals surface area contributed by atoms with Crippen LogP contribution >= 0.6 is 0 Å². The van der Waals surface area contributed by atoms with E-state index < -0.39 is 0 Å². The Hall–Kier alpha value is -0.810. The Balaban J connectivity index is 2.79. The average Bonchev–Trinajstić information content (AvgIpc) is 2.07. The minimum Gasteiger partial charge on any atom is -0.299 e. The van der Waals surface area contributed by atoms with Crippen LogP contribution in [0.3, 0.4) is 0 Å². The van der Waals surface area contributed by atoms with E-state index in [1.54, 1.807) is 0 Å². The number of allylic oxidation sites excluding steroid dienone is 1. The summed E-state index contributed by atoms with van der Waals surface area (Å²) in [6.07, 6.45) is 7.76. The van der Waals surface area contributed by atoms with Crippen LogP contribution in [0.5, 0.6) is 0 Å². The van der Waals surface area contributed by atoms with Crippen molar-refractivity contribution in [3.05, 3.63) is 17.9 Å². The van der Waals surface area contributed by atoms with Crippen LogP contribution in [0, 0.1) is 5.41 Å². The number of Topliss-reactive ketones (excluding diaryl/α,β-unsaturated/α-hetero) is 1. The zero-order valence-electron chi connectivity index (χ0n) is 7.89. The third kappa shape index (κ3) is 1.86. The molecule has 0 spiro atoms. The summed E-state index contributed by atoms with van der Waals surface area (Å²) in [5.74, 6) is 0.378. The summed E-state index contributed by atoms with van der Waals surface area (Å²) >= 11 is 0. The predicted octanol–water partition coefficient (Wildman–Crippen LogP) is 2.87. The first-order chi connectivity index (χ1) is 5.69. The normalized spacial score (nSPS) is 29.3. The maximum absolute atomic E-state index is 11.5. The first-order valence-corrected chi connectivity index (χ1v) is 4.60. The zero-order valence-corrected chi connectivity index (χ0v) is 7.89. The van der Waals surface area contributed by atoms with Gasteiger partial charge in [-0.2, -0.15) is 0 Å². The van der Waals surface area contributed by atoms with E-state index in [0.29, 0.717) is 5.78 Å². The van der Waals surface area contributed by atoms with Crippen molar-refractivity contribution in [1.82, 2.24) is 0 Å². The molecule has 0 aromatic carbocycles. The second kappa shape index (κ2) is 3.73. The lowest BCUT2D eigenvalue weighted by atomic mass is 9.75. The molecule has 0 aliphatic heterocycles. The van der Waals surface area contributed by atoms with Crippen LogP contribution in [0.2, 0.25) is 0 Å². The van der Waals surface area contributed by atoms with Crippen LogP contribution < -0.4 is 0 Å². The molecule has 0 bridgehead atoms. The van der Waals surface area contributed by atoms with E-state index in [4.69, 9.17) is 0 Å². The maximum atomic E-state index is 11.5. The van der Waals surface area contributed by atoms with Crippen LogP contribution in [0.15, 0.2) is 17.9 Å². The fourth-order valence-corrected chi connectivity index (χ4v) is 1.62. The van der Waals surface area contributed by atoms with Crippen LogP contribution in [0.4, 0.5) is 0 Å². The molecule has 1 nitrogen and oxygen atoms in total. The van der Waals surface area contributed by atoms with Crippen molar-refractivity contribution >= 4 is 5.78 Å². The molecule has 0 N–H and O–H groups in total. The Kier molecular flexibility index (Phi) is 2.88. The molecule has 1 aliphatic carbocycles. The summed E-state index contributed by atoms with van der Waals surface area (Å²) in [5, 5.41) is 0. The second-order valence-corrected chi connectivity index (χ2v) is 3.65. The number of carbonyl (C=O) groups excluding carboxylic acids is 1. The minimum absolute atomic E-state index is 0.218. The molecule has 1 saturated carbocycles. The predicted molar refractivity (Wildman–Crippen MR) is 49.9 cm³/mol. The Bertz CT molecular complexity index is 229. The molecule has 0 unspecified atom stereocenters. The van der Waals surface area contributed by atoms with Crippen molar-refractivity contribution in [3.63, 3.8) is 0 Å². The number of hydrogen-bond acceptors (Lipinski definition) is 1. The van der Waals surface area contributed by atoms with E-state index in [1.807, 2.05) is 26.0 Å². The lowest BCUT2D eigenvalue weighted by molar-refractivity contribution is -0.127. The fraction of sp³-hybridized carbons (Fsp3) is 0.636. The summed E-state index contributed by atoms with van der Waals surface area (Å²) in [6.45, 7) is 3.94. The minimum atomic E-state index is -0.218. The highest BCUT2D eigenvalue weighted by molar-refractivity contribution is 5.86. The highest BCUT2D eigenvalue weighted by Gasteiger charge is 2.32. The fourth-order valence-electron chi connectivity index (χ4n) is 1.62. The number of ketones is 1. The van der Waals surface area contributed by atoms with Crippen LogP contribution in [0.1, 0.15) is 39.5 Å². The molecule has 1 fully saturated rings. The van der Waals surface area contributed by atoms with E-state index in [9.17, 15) is 4.79 Å². The van der Waals surface area contributed by atoms with E-state index in [0.717, 1.165) is 19.3 Å². The SMILES string of the molecule is CC=C=C[C@@]1(C)CCCCC1=O. The molecule has 0 amide bonds. The van der Waals surface area contributed by atoms with Gasteiger partial charge >= 0.3 is 0 Å². The van der Waals surface area contributed by atoms with Crippen molar-refractivity contribution < 1.29 is 4.79 Å². The molecular weight excluding hydrogens is 148 g/mol. The molecule has 1 rings (SSSR count). The molecule has 0 heterocycles. The smallest absolute Gasteiger partial charge is 0.143 e. The average molecular weight is 164 g/mol. The van der Waals surface area contributed by atoms with Crippen molar-refractivity contribution in [2.24, 2.45) is 5.41 Å². The molecule has 66 valence electrons. The van der Waals surface area contributed by atoms with Gasteiger partial charge in [0.15, 0.2) is 0 Å². The molecule has 12 heavy (non-hydrogen) atoms. The maximum Gasteiger partial charge on any atom is 0.143 e. The van der Waals surface area contributed by atoms with Gasteiger partial charge in [-0.25, -0.2) is 0 Å². The van der Waals surface area contributed by atoms with Crippen molar-refractivity contribution in [2.75, 3.05) is 0 Å². The molecule has 0 radical (unpaired) electrons. The van der Waals surface area contributed by atoms with Crippen LogP contribution in [-0.4, -0.2) is 5.78 Å². The van der Waals surface area contributed by atoms with E-state index >= 15 is 0 Å². The van der Waals surface area contributed by atoms with E-state index in [-0.39, 0.29) is 5.41 Å². The van der Waals surface area contributed by atoms with Crippen LogP contribution in [0.25, 0.3) is 0 Å². The number of rotatable bonds is 1. The number of carbonyl (C=O) groups is 1. The van der Waals surface area contributed by atoms with Gasteiger partial charge in [0, 0.05) is 6.42 Å². The highest BCUT2D eigenvalue weighted by atomic mass is 16.1. The van der Waals surface area contributed by atoms with Gasteiger partial charge in [0.25, 0.3) is 0 Å². The molecule has 0 saturated heterocycles. The van der Waals surface area contributed by atoms with E-state index in [2.05, 4.69) is 5.73 Å². The van der Waals surface area contributed by atoms with Gasteiger partial charge in [-0.05, 0) is 38.8 Å². The summed E-state index contributed by atoms with van der Waals surface area (Å²) in [7, 11) is 0. The Morgan fingerprint density at radius 3 is 2.83 bits per heavy atom. The molecule has 1 heteroatoms. The van der Waals surface area contributed by atoms with Gasteiger partial charge in [0.05, 0.1) is 5.41 Å². The van der Waals surface area contributed by atoms with Gasteiger partial charge in [-0.1, -0.05) is 6.42 Å². The monoisotopic (exact) mass is 164 g/mol. The molecular formula is C11H16O. The molecule has 1 atom stereocenters. The lowest BCUT2D eigenvalue weighted by Gasteiger charge is -2.27. The lowest BCUT2D eigenvalue weighted by Crippen LogP contribution is -2.28. The largest absolute Gasteiger partial charge is 0.299 e. The standard InChI is InChI=1S/C11H16O/c1-3-4-8-11(2)9-6-5-7-10(11)12/h3,8H,5-7,9H2,1-2H3/t4?,11-/m0/s1. The summed E-state index contributed by atoms with van der Waals surface area (Å²) in [5.41, 5.74) is 2.80. The van der Waals surface area contributed by atoms with Crippen molar-refractivity contribution in [1.29, 1.82) is 0 Å². The van der Waals surface area contributed by atoms with E-state index in [1.165, 1.54) is 6.42 Å². The Morgan fingerprint density at radius 1 is 1.50 bits per heavy atom. The second-order valence-electron chi connectivity index (χ2n) is 3.65. The van der Waals surface area contributed by atoms with Gasteiger partial charge in [0.2, 0.25) is 0 Å². The number of hydrogen-bond donors (Lipinski definition) is 0. The molecule has 0 aromatic rings. The quantitative estimate of drug-likeness (QED) is 0.545. The van der Waals surface area contributed by atoms with Gasteiger partial charge < -0.3 is 0 Å². The van der Waals surface area contributed by atoms with Gasteiger partial charge in [-0.3, -0.25) is 4.79 Å². The summed E-state index contributed by atoms with van der Waals surface area (Å²) in [4.78, 5) is 11.5.